The molecule has 0 saturated heterocycles. The van der Waals surface area contributed by atoms with Crippen LogP contribution in [0.25, 0.3) is 55.8 Å². The first-order valence-corrected chi connectivity index (χ1v) is 15.0. The number of H-pyrrole nitrogens is 2. The smallest absolute Gasteiger partial charge is 0.159 e. The summed E-state index contributed by atoms with van der Waals surface area (Å²) in [5, 5.41) is 25.5. The van der Waals surface area contributed by atoms with Crippen molar-refractivity contribution in [3.8, 4) is 33.9 Å². The number of aliphatic hydroxyl groups is 1. The lowest BCUT2D eigenvalue weighted by Gasteiger charge is -2.23. The number of aliphatic hydroxyl groups excluding tert-OH is 1. The van der Waals surface area contributed by atoms with E-state index >= 15 is 0 Å². The zero-order valence-electron chi connectivity index (χ0n) is 26.1. The summed E-state index contributed by atoms with van der Waals surface area (Å²) in [6.07, 6.45) is 5.11. The van der Waals surface area contributed by atoms with Crippen molar-refractivity contribution in [1.29, 1.82) is 0 Å². The van der Waals surface area contributed by atoms with Crippen LogP contribution in [0.3, 0.4) is 0 Å². The fourth-order valence-electron chi connectivity index (χ4n) is 5.39. The molecule has 1 unspecified atom stereocenters. The molecule has 5 N–H and O–H groups in total. The highest BCUT2D eigenvalue weighted by molar-refractivity contribution is 5.97. The van der Waals surface area contributed by atoms with E-state index in [0.717, 1.165) is 39.8 Å². The molecule has 0 aliphatic carbocycles. The Bertz CT molecular complexity index is 1960. The molecule has 10 nitrogen and oxygen atoms in total. The van der Waals surface area contributed by atoms with E-state index in [1.54, 1.807) is 18.6 Å². The Kier molecular flexibility index (Phi) is 8.22. The lowest BCUT2D eigenvalue weighted by Crippen LogP contribution is -2.25. The lowest BCUT2D eigenvalue weighted by molar-refractivity contribution is 0.145. The molecule has 0 saturated carbocycles. The van der Waals surface area contributed by atoms with E-state index in [-0.39, 0.29) is 11.2 Å². The minimum absolute atomic E-state index is 0.0170. The van der Waals surface area contributed by atoms with Crippen molar-refractivity contribution in [3.63, 3.8) is 0 Å². The zero-order valence-corrected chi connectivity index (χ0v) is 26.1. The fourth-order valence-corrected chi connectivity index (χ4v) is 5.39. The van der Waals surface area contributed by atoms with E-state index in [0.29, 0.717) is 46.9 Å². The van der Waals surface area contributed by atoms with E-state index in [1.807, 2.05) is 50.5 Å². The number of hydrogen-bond donors (Lipinski definition) is 5. The Labute approximate surface area is 261 Å². The van der Waals surface area contributed by atoms with Gasteiger partial charge in [-0.15, -0.1) is 0 Å². The molecule has 0 aliphatic rings. The van der Waals surface area contributed by atoms with E-state index in [2.05, 4.69) is 61.5 Å². The minimum atomic E-state index is -0.684. The Morgan fingerprint density at radius 3 is 2.56 bits per heavy atom. The summed E-state index contributed by atoms with van der Waals surface area (Å²) in [5.74, 6) is 0.222. The van der Waals surface area contributed by atoms with Crippen molar-refractivity contribution in [1.82, 2.24) is 35.0 Å². The quantitative estimate of drug-likeness (QED) is 0.111. The van der Waals surface area contributed by atoms with E-state index < -0.39 is 6.23 Å². The third kappa shape index (κ3) is 6.95. The van der Waals surface area contributed by atoms with Gasteiger partial charge in [0.25, 0.3) is 0 Å². The number of aromatic amines is 2. The van der Waals surface area contributed by atoms with Gasteiger partial charge in [0.15, 0.2) is 5.82 Å². The number of hydrogen-bond acceptors (Lipinski definition) is 8. The van der Waals surface area contributed by atoms with Crippen LogP contribution in [0, 0.1) is 11.2 Å². The van der Waals surface area contributed by atoms with Crippen LogP contribution in [0.1, 0.15) is 27.2 Å². The predicted octanol–water partition coefficient (Wildman–Crippen LogP) is 6.51. The van der Waals surface area contributed by atoms with Crippen LogP contribution in [0.5, 0.6) is 0 Å². The van der Waals surface area contributed by atoms with Gasteiger partial charge >= 0.3 is 0 Å². The third-order valence-electron chi connectivity index (χ3n) is 7.46. The van der Waals surface area contributed by atoms with Crippen molar-refractivity contribution in [2.24, 2.45) is 5.41 Å². The van der Waals surface area contributed by atoms with Crippen LogP contribution in [-0.2, 0) is 0 Å². The molecule has 6 aromatic rings. The monoisotopic (exact) mass is 607 g/mol. The molecule has 0 amide bonds. The number of nitrogens with one attached hydrogen (secondary N) is 4. The molecule has 1 atom stereocenters. The molecule has 4 heterocycles. The number of benzene rings is 2. The molecule has 0 bridgehead atoms. The van der Waals surface area contributed by atoms with Gasteiger partial charge < -0.3 is 25.6 Å². The molecular formula is C34H38FN9O. The van der Waals surface area contributed by atoms with Gasteiger partial charge in [-0.1, -0.05) is 26.8 Å². The maximum absolute atomic E-state index is 14.7. The van der Waals surface area contributed by atoms with Crippen molar-refractivity contribution in [3.05, 3.63) is 72.9 Å². The van der Waals surface area contributed by atoms with Crippen LogP contribution in [0.4, 0.5) is 15.8 Å². The number of nitrogens with zero attached hydrogens (tertiary/aromatic N) is 5. The number of aromatic nitrogens is 6. The molecule has 232 valence electrons. The highest BCUT2D eigenvalue weighted by atomic mass is 19.1. The van der Waals surface area contributed by atoms with Crippen molar-refractivity contribution in [2.75, 3.05) is 37.8 Å². The minimum Gasteiger partial charge on any atom is -0.384 e. The molecule has 4 aromatic heterocycles. The summed E-state index contributed by atoms with van der Waals surface area (Å²) < 4.78 is 14.7. The topological polar surface area (TPSA) is 131 Å². The fraction of sp³-hybridized carbons (Fsp3) is 0.294. The number of likely N-dealkylation sites (N-methyl/N-ethyl adjacent to an activating group) is 1. The van der Waals surface area contributed by atoms with Crippen molar-refractivity contribution in [2.45, 2.75) is 33.4 Å². The van der Waals surface area contributed by atoms with Crippen LogP contribution in [0.15, 0.2) is 67.1 Å². The molecular weight excluding hydrogens is 569 g/mol. The Morgan fingerprint density at radius 2 is 1.76 bits per heavy atom. The summed E-state index contributed by atoms with van der Waals surface area (Å²) in [4.78, 5) is 19.3. The number of halogens is 1. The van der Waals surface area contributed by atoms with E-state index in [4.69, 9.17) is 4.98 Å². The molecule has 0 aliphatic heterocycles. The maximum atomic E-state index is 14.7. The average molecular weight is 608 g/mol. The number of pyridine rings is 2. The normalized spacial score (nSPS) is 12.7. The van der Waals surface area contributed by atoms with Gasteiger partial charge in [0.1, 0.15) is 23.3 Å². The number of fused-ring (bicyclic) bond motifs is 2. The summed E-state index contributed by atoms with van der Waals surface area (Å²) in [7, 11) is 3.99. The highest BCUT2D eigenvalue weighted by Crippen LogP contribution is 2.34. The first-order chi connectivity index (χ1) is 21.5. The van der Waals surface area contributed by atoms with Gasteiger partial charge in [-0.05, 0) is 74.0 Å². The van der Waals surface area contributed by atoms with Gasteiger partial charge in [0.2, 0.25) is 0 Å². The first kappa shape index (κ1) is 30.2. The summed E-state index contributed by atoms with van der Waals surface area (Å²) in [6.45, 7) is 7.78. The first-order valence-electron chi connectivity index (χ1n) is 15.0. The maximum Gasteiger partial charge on any atom is 0.159 e. The second-order valence-electron chi connectivity index (χ2n) is 12.8. The summed E-state index contributed by atoms with van der Waals surface area (Å²) in [5.41, 5.74) is 7.36. The Morgan fingerprint density at radius 1 is 0.933 bits per heavy atom. The molecule has 6 rings (SSSR count). The van der Waals surface area contributed by atoms with Crippen molar-refractivity contribution >= 4 is 33.3 Å². The number of anilines is 2. The average Bonchev–Trinajstić information content (AvgIpc) is 3.59. The second-order valence-corrected chi connectivity index (χ2v) is 12.8. The van der Waals surface area contributed by atoms with Gasteiger partial charge in [0.05, 0.1) is 28.6 Å². The third-order valence-corrected chi connectivity index (χ3v) is 7.46. The molecule has 2 aromatic carbocycles. The van der Waals surface area contributed by atoms with Gasteiger partial charge in [-0.25, -0.2) is 9.37 Å². The molecule has 11 heteroatoms. The lowest BCUT2D eigenvalue weighted by atomic mass is 9.91. The number of rotatable bonds is 10. The molecule has 0 fully saturated rings. The van der Waals surface area contributed by atoms with Crippen LogP contribution >= 0.6 is 0 Å². The van der Waals surface area contributed by atoms with Crippen LogP contribution in [0.2, 0.25) is 0 Å². The van der Waals surface area contributed by atoms with Gasteiger partial charge in [0, 0.05) is 47.7 Å². The zero-order chi connectivity index (χ0) is 31.7. The summed E-state index contributed by atoms with van der Waals surface area (Å²) >= 11 is 0. The predicted molar refractivity (Wildman–Crippen MR) is 178 cm³/mol. The van der Waals surface area contributed by atoms with Gasteiger partial charge in [-0.3, -0.25) is 15.1 Å². The standard InChI is InChI=1S/C34H38FN9O/c1-34(2,3)17-29(45)39-25-14-22(18-36-19-25)20-6-7-27-26(15-20)31(43-42-27)33-40-28-8-9-38-30(32(28)41-33)21-12-23(35)16-24(13-21)37-10-11-44(4)5/h6-9,12-16,18-19,29,37,39,45H,10-11,17H2,1-5H3,(H,40,41)(H,42,43). The van der Waals surface area contributed by atoms with E-state index in [9.17, 15) is 9.50 Å². The van der Waals surface area contributed by atoms with Crippen LogP contribution in [-0.4, -0.2) is 73.6 Å². The Hall–Kier alpha value is -4.87. The van der Waals surface area contributed by atoms with Crippen molar-refractivity contribution < 1.29 is 9.50 Å². The van der Waals surface area contributed by atoms with Crippen LogP contribution < -0.4 is 10.6 Å². The molecule has 45 heavy (non-hydrogen) atoms. The summed E-state index contributed by atoms with van der Waals surface area (Å²) in [6, 6.07) is 14.7. The molecule has 0 spiro atoms. The highest BCUT2D eigenvalue weighted by Gasteiger charge is 2.19. The SMILES string of the molecule is CN(C)CCNc1cc(F)cc(-c2nccc3[nH]c(-c4n[nH]c5ccc(-c6cncc(NC(O)CC(C)(C)C)c6)cc45)nc23)c1. The van der Waals surface area contributed by atoms with E-state index in [1.165, 1.54) is 12.1 Å². The number of imidazole rings is 1. The molecule has 0 radical (unpaired) electrons. The van der Waals surface area contributed by atoms with Gasteiger partial charge in [-0.2, -0.15) is 5.10 Å². The Balaban J connectivity index is 1.32. The largest absolute Gasteiger partial charge is 0.384 e. The second kappa shape index (κ2) is 12.3.